The van der Waals surface area contributed by atoms with Crippen LogP contribution < -0.4 is 9.47 Å². The van der Waals surface area contributed by atoms with Crippen LogP contribution in [0.2, 0.25) is 0 Å². The highest BCUT2D eigenvalue weighted by Crippen LogP contribution is 2.63. The number of hydrogen-bond donors (Lipinski definition) is 1. The van der Waals surface area contributed by atoms with Gasteiger partial charge in [0, 0.05) is 17.6 Å². The lowest BCUT2D eigenvalue weighted by Crippen LogP contribution is -2.55. The second-order valence-corrected chi connectivity index (χ2v) is 5.58. The van der Waals surface area contributed by atoms with Crippen molar-refractivity contribution < 1.29 is 19.3 Å². The van der Waals surface area contributed by atoms with Crippen LogP contribution in [-0.2, 0) is 10.2 Å². The van der Waals surface area contributed by atoms with E-state index in [9.17, 15) is 5.11 Å². The molecule has 1 aliphatic carbocycles. The quantitative estimate of drug-likeness (QED) is 0.880. The van der Waals surface area contributed by atoms with Crippen molar-refractivity contribution in [3.63, 3.8) is 0 Å². The average Bonchev–Trinajstić information content (AvgIpc) is 3.18. The second kappa shape index (κ2) is 4.39. The molecule has 1 N–H and O–H groups in total. The summed E-state index contributed by atoms with van der Waals surface area (Å²) in [6, 6.07) is 5.85. The van der Waals surface area contributed by atoms with Crippen LogP contribution in [0, 0.1) is 5.41 Å². The minimum absolute atomic E-state index is 0.0368. The Morgan fingerprint density at radius 1 is 1.21 bits per heavy atom. The minimum atomic E-state index is -0.123. The number of aliphatic hydroxyl groups is 1. The fourth-order valence-corrected chi connectivity index (χ4v) is 3.18. The third kappa shape index (κ3) is 1.66. The van der Waals surface area contributed by atoms with Gasteiger partial charge in [0.15, 0.2) is 0 Å². The predicted molar refractivity (Wildman–Crippen MR) is 70.8 cm³/mol. The van der Waals surface area contributed by atoms with Crippen molar-refractivity contribution in [3.8, 4) is 11.5 Å². The van der Waals surface area contributed by atoms with Crippen LogP contribution in [0.5, 0.6) is 11.5 Å². The first-order valence-corrected chi connectivity index (χ1v) is 6.62. The molecule has 0 amide bonds. The van der Waals surface area contributed by atoms with Crippen LogP contribution in [-0.4, -0.2) is 39.1 Å². The zero-order chi connectivity index (χ0) is 13.5. The van der Waals surface area contributed by atoms with Crippen molar-refractivity contribution in [1.29, 1.82) is 0 Å². The fourth-order valence-electron chi connectivity index (χ4n) is 3.18. The number of aliphatic hydroxyl groups excluding tert-OH is 1. The van der Waals surface area contributed by atoms with Crippen molar-refractivity contribution in [2.75, 3.05) is 34.0 Å². The number of methoxy groups -OCH3 is 2. The lowest BCUT2D eigenvalue weighted by molar-refractivity contribution is -0.111. The number of rotatable bonds is 5. The van der Waals surface area contributed by atoms with Crippen LogP contribution in [0.1, 0.15) is 18.4 Å². The van der Waals surface area contributed by atoms with E-state index in [2.05, 4.69) is 0 Å². The first-order chi connectivity index (χ1) is 9.21. The molecule has 1 aromatic carbocycles. The van der Waals surface area contributed by atoms with E-state index in [-0.39, 0.29) is 17.4 Å². The SMILES string of the molecule is COc1ccc(OC)c(C2(C3(CO)CC3)COC2)c1. The summed E-state index contributed by atoms with van der Waals surface area (Å²) >= 11 is 0. The van der Waals surface area contributed by atoms with Crippen molar-refractivity contribution >= 4 is 0 Å². The summed E-state index contributed by atoms with van der Waals surface area (Å²) in [4.78, 5) is 0. The average molecular weight is 264 g/mol. The van der Waals surface area contributed by atoms with Crippen molar-refractivity contribution in [3.05, 3.63) is 23.8 Å². The molecule has 19 heavy (non-hydrogen) atoms. The van der Waals surface area contributed by atoms with Crippen molar-refractivity contribution in [2.45, 2.75) is 18.3 Å². The molecule has 0 aromatic heterocycles. The normalized spacial score (nSPS) is 22.5. The third-order valence-electron chi connectivity index (χ3n) is 4.79. The molecule has 104 valence electrons. The first kappa shape index (κ1) is 12.8. The molecule has 2 aliphatic rings. The topological polar surface area (TPSA) is 47.9 Å². The molecular formula is C15H20O4. The molecule has 4 heteroatoms. The molecule has 2 fully saturated rings. The number of hydrogen-bond acceptors (Lipinski definition) is 4. The Hall–Kier alpha value is -1.26. The molecule has 1 heterocycles. The Bertz CT molecular complexity index is 475. The smallest absolute Gasteiger partial charge is 0.123 e. The predicted octanol–water partition coefficient (Wildman–Crippen LogP) is 1.74. The van der Waals surface area contributed by atoms with Gasteiger partial charge in [-0.2, -0.15) is 0 Å². The van der Waals surface area contributed by atoms with E-state index in [0.29, 0.717) is 13.2 Å². The van der Waals surface area contributed by atoms with Gasteiger partial charge in [0.1, 0.15) is 11.5 Å². The molecule has 3 rings (SSSR count). The van der Waals surface area contributed by atoms with E-state index in [1.54, 1.807) is 14.2 Å². The maximum atomic E-state index is 9.78. The Morgan fingerprint density at radius 2 is 1.95 bits per heavy atom. The van der Waals surface area contributed by atoms with Gasteiger partial charge in [0.2, 0.25) is 0 Å². The lowest BCUT2D eigenvalue weighted by atomic mass is 9.66. The summed E-state index contributed by atoms with van der Waals surface area (Å²) in [6.45, 7) is 1.50. The first-order valence-electron chi connectivity index (χ1n) is 6.62. The fraction of sp³-hybridized carbons (Fsp3) is 0.600. The largest absolute Gasteiger partial charge is 0.497 e. The zero-order valence-corrected chi connectivity index (χ0v) is 11.4. The second-order valence-electron chi connectivity index (χ2n) is 5.58. The molecule has 0 unspecified atom stereocenters. The van der Waals surface area contributed by atoms with Gasteiger partial charge in [0.25, 0.3) is 0 Å². The van der Waals surface area contributed by atoms with Gasteiger partial charge in [0.05, 0.1) is 32.8 Å². The summed E-state index contributed by atoms with van der Waals surface area (Å²) in [5, 5.41) is 9.78. The maximum Gasteiger partial charge on any atom is 0.123 e. The van der Waals surface area contributed by atoms with Gasteiger partial charge >= 0.3 is 0 Å². The third-order valence-corrected chi connectivity index (χ3v) is 4.79. The van der Waals surface area contributed by atoms with Crippen LogP contribution in [0.25, 0.3) is 0 Å². The molecule has 1 aliphatic heterocycles. The highest BCUT2D eigenvalue weighted by atomic mass is 16.5. The molecule has 0 atom stereocenters. The Morgan fingerprint density at radius 3 is 2.37 bits per heavy atom. The molecule has 1 saturated carbocycles. The summed E-state index contributed by atoms with van der Waals surface area (Å²) < 4.78 is 16.3. The monoisotopic (exact) mass is 264 g/mol. The van der Waals surface area contributed by atoms with E-state index in [4.69, 9.17) is 14.2 Å². The molecule has 4 nitrogen and oxygen atoms in total. The van der Waals surface area contributed by atoms with Crippen LogP contribution in [0.3, 0.4) is 0 Å². The number of ether oxygens (including phenoxy) is 3. The maximum absolute atomic E-state index is 9.78. The molecule has 1 saturated heterocycles. The lowest BCUT2D eigenvalue weighted by Gasteiger charge is -2.48. The number of benzene rings is 1. The Balaban J connectivity index is 2.08. The molecule has 0 radical (unpaired) electrons. The van der Waals surface area contributed by atoms with E-state index < -0.39 is 0 Å². The van der Waals surface area contributed by atoms with Crippen molar-refractivity contribution in [1.82, 2.24) is 0 Å². The van der Waals surface area contributed by atoms with E-state index >= 15 is 0 Å². The van der Waals surface area contributed by atoms with Crippen LogP contribution >= 0.6 is 0 Å². The van der Waals surface area contributed by atoms with Gasteiger partial charge in [-0.15, -0.1) is 0 Å². The molecule has 0 bridgehead atoms. The highest BCUT2D eigenvalue weighted by Gasteiger charge is 2.64. The molecule has 1 aromatic rings. The van der Waals surface area contributed by atoms with Crippen molar-refractivity contribution in [2.24, 2.45) is 5.41 Å². The van der Waals surface area contributed by atoms with E-state index in [1.165, 1.54) is 0 Å². The highest BCUT2D eigenvalue weighted by molar-refractivity contribution is 5.49. The Labute approximate surface area is 113 Å². The zero-order valence-electron chi connectivity index (χ0n) is 11.4. The Kier molecular flexibility index (Phi) is 2.95. The van der Waals surface area contributed by atoms with E-state index in [1.807, 2.05) is 18.2 Å². The van der Waals surface area contributed by atoms with Gasteiger partial charge in [-0.25, -0.2) is 0 Å². The molecule has 0 spiro atoms. The van der Waals surface area contributed by atoms with Crippen LogP contribution in [0.4, 0.5) is 0 Å². The van der Waals surface area contributed by atoms with Gasteiger partial charge < -0.3 is 19.3 Å². The summed E-state index contributed by atoms with van der Waals surface area (Å²) in [5.41, 5.74) is 0.944. The summed E-state index contributed by atoms with van der Waals surface area (Å²) in [5.74, 6) is 1.67. The van der Waals surface area contributed by atoms with Gasteiger partial charge in [-0.1, -0.05) is 0 Å². The minimum Gasteiger partial charge on any atom is -0.497 e. The standard InChI is InChI=1S/C15H20O4/c1-17-11-3-4-13(18-2)12(7-11)15(9-19-10-15)14(8-16)5-6-14/h3-4,7,16H,5-6,8-10H2,1-2H3. The van der Waals surface area contributed by atoms with Crippen LogP contribution in [0.15, 0.2) is 18.2 Å². The summed E-state index contributed by atoms with van der Waals surface area (Å²) in [6.07, 6.45) is 2.10. The molecular weight excluding hydrogens is 244 g/mol. The van der Waals surface area contributed by atoms with Gasteiger partial charge in [-0.05, 0) is 31.0 Å². The van der Waals surface area contributed by atoms with E-state index in [0.717, 1.165) is 29.9 Å². The summed E-state index contributed by atoms with van der Waals surface area (Å²) in [7, 11) is 3.34. The van der Waals surface area contributed by atoms with Gasteiger partial charge in [-0.3, -0.25) is 0 Å².